The molecule has 1 N–H and O–H groups in total. The molecule has 0 aromatic carbocycles. The van der Waals surface area contributed by atoms with Crippen LogP contribution in [0.25, 0.3) is 0 Å². The summed E-state index contributed by atoms with van der Waals surface area (Å²) >= 11 is 0. The minimum atomic E-state index is -6.33. The zero-order valence-corrected chi connectivity index (χ0v) is 15.1. The van der Waals surface area contributed by atoms with E-state index < -0.39 is 51.8 Å². The molecular weight excluding hydrogens is 426 g/mol. The van der Waals surface area contributed by atoms with Gasteiger partial charge in [-0.15, -0.1) is 0 Å². The molecule has 3 atom stereocenters. The summed E-state index contributed by atoms with van der Waals surface area (Å²) in [6, 6.07) is 0. The summed E-state index contributed by atoms with van der Waals surface area (Å²) in [4.78, 5) is 12.1. The highest BCUT2D eigenvalue weighted by atomic mass is 32.2. The van der Waals surface area contributed by atoms with E-state index in [9.17, 15) is 39.6 Å². The van der Waals surface area contributed by atoms with Crippen LogP contribution in [0.3, 0.4) is 0 Å². The molecular formula is C14H18F6O7S. The van der Waals surface area contributed by atoms with Gasteiger partial charge in [0.1, 0.15) is 11.9 Å². The van der Waals surface area contributed by atoms with E-state index in [1.54, 1.807) is 0 Å². The quantitative estimate of drug-likeness (QED) is 0.278. The van der Waals surface area contributed by atoms with E-state index in [4.69, 9.17) is 14.0 Å². The second-order valence-electron chi connectivity index (χ2n) is 6.74. The molecule has 1 aliphatic carbocycles. The van der Waals surface area contributed by atoms with Crippen molar-refractivity contribution in [2.45, 2.75) is 55.8 Å². The number of carbonyl (C=O) groups is 1. The summed E-state index contributed by atoms with van der Waals surface area (Å²) in [6.45, 7) is 0.664. The summed E-state index contributed by atoms with van der Waals surface area (Å²) < 4.78 is 124. The fourth-order valence-electron chi connectivity index (χ4n) is 2.90. The molecule has 0 radical (unpaired) electrons. The lowest BCUT2D eigenvalue weighted by atomic mass is 9.87. The van der Waals surface area contributed by atoms with Crippen molar-refractivity contribution in [1.29, 1.82) is 0 Å². The number of halogens is 6. The summed E-state index contributed by atoms with van der Waals surface area (Å²) in [7, 11) is -5.80. The Morgan fingerprint density at radius 1 is 1.11 bits per heavy atom. The molecule has 2 fully saturated rings. The largest absolute Gasteiger partial charge is 0.438 e. The maximum Gasteiger partial charge on any atom is 0.438 e. The van der Waals surface area contributed by atoms with E-state index in [0.29, 0.717) is 19.4 Å². The molecule has 7 nitrogen and oxygen atoms in total. The average molecular weight is 444 g/mol. The summed E-state index contributed by atoms with van der Waals surface area (Å²) in [5, 5.41) is 0. The zero-order chi connectivity index (χ0) is 21.4. The Kier molecular flexibility index (Phi) is 6.58. The monoisotopic (exact) mass is 444 g/mol. The minimum Gasteiger partial charge on any atom is -0.438 e. The van der Waals surface area contributed by atoms with Gasteiger partial charge in [-0.3, -0.25) is 9.35 Å². The van der Waals surface area contributed by atoms with Crippen LogP contribution in [0.2, 0.25) is 0 Å². The topological polar surface area (TPSA) is 102 Å². The lowest BCUT2D eigenvalue weighted by Gasteiger charge is -2.37. The molecule has 1 heterocycles. The van der Waals surface area contributed by atoms with Crippen LogP contribution in [-0.4, -0.2) is 68.1 Å². The number of rotatable bonds is 7. The van der Waals surface area contributed by atoms with Crippen molar-refractivity contribution < 1.29 is 58.3 Å². The first-order valence-electron chi connectivity index (χ1n) is 8.19. The summed E-state index contributed by atoms with van der Waals surface area (Å²) in [6.07, 6.45) is -12.8. The molecule has 1 saturated carbocycles. The third-order valence-corrected chi connectivity index (χ3v) is 5.23. The van der Waals surface area contributed by atoms with Crippen molar-refractivity contribution in [2.24, 2.45) is 5.92 Å². The standard InChI is InChI=1S/C14H18F6O7S/c15-13(16,17)12(14(18,19)20,7-28(22,23)24)27-11(21)8-2-1-3-9(4-8)25-5-10-6-26-10/h8-10H,1-7H2,(H,22,23,24). The molecule has 28 heavy (non-hydrogen) atoms. The van der Waals surface area contributed by atoms with Gasteiger partial charge in [-0.05, 0) is 19.3 Å². The van der Waals surface area contributed by atoms with Crippen LogP contribution >= 0.6 is 0 Å². The Hall–Kier alpha value is -1.12. The molecule has 1 saturated heterocycles. The molecule has 14 heteroatoms. The Morgan fingerprint density at radius 3 is 2.14 bits per heavy atom. The van der Waals surface area contributed by atoms with E-state index in [1.165, 1.54) is 0 Å². The second-order valence-corrected chi connectivity index (χ2v) is 8.20. The number of esters is 1. The number of hydrogen-bond acceptors (Lipinski definition) is 6. The van der Waals surface area contributed by atoms with Crippen molar-refractivity contribution >= 4 is 16.1 Å². The number of ether oxygens (including phenoxy) is 3. The molecule has 3 unspecified atom stereocenters. The van der Waals surface area contributed by atoms with Crippen LogP contribution in [0.5, 0.6) is 0 Å². The Bertz CT molecular complexity index is 657. The van der Waals surface area contributed by atoms with Crippen LogP contribution in [0.15, 0.2) is 0 Å². The molecule has 0 bridgehead atoms. The van der Waals surface area contributed by atoms with Gasteiger partial charge < -0.3 is 14.2 Å². The van der Waals surface area contributed by atoms with Crippen molar-refractivity contribution in [1.82, 2.24) is 0 Å². The molecule has 164 valence electrons. The van der Waals surface area contributed by atoms with Crippen molar-refractivity contribution in [3.63, 3.8) is 0 Å². The van der Waals surface area contributed by atoms with Gasteiger partial charge >= 0.3 is 23.9 Å². The van der Waals surface area contributed by atoms with Gasteiger partial charge in [0, 0.05) is 0 Å². The highest BCUT2D eigenvalue weighted by Crippen LogP contribution is 2.47. The Morgan fingerprint density at radius 2 is 1.68 bits per heavy atom. The highest BCUT2D eigenvalue weighted by molar-refractivity contribution is 7.85. The molecule has 0 amide bonds. The first-order valence-corrected chi connectivity index (χ1v) is 9.80. The predicted molar refractivity (Wildman–Crippen MR) is 78.8 cm³/mol. The molecule has 0 aromatic rings. The summed E-state index contributed by atoms with van der Waals surface area (Å²) in [5.41, 5.74) is -5.37. The van der Waals surface area contributed by atoms with Gasteiger partial charge in [0.15, 0.2) is 0 Å². The van der Waals surface area contributed by atoms with E-state index in [-0.39, 0.29) is 25.6 Å². The van der Waals surface area contributed by atoms with E-state index >= 15 is 0 Å². The fraction of sp³-hybridized carbons (Fsp3) is 0.929. The first kappa shape index (κ1) is 23.2. The van der Waals surface area contributed by atoms with Gasteiger partial charge in [0.25, 0.3) is 10.1 Å². The van der Waals surface area contributed by atoms with Gasteiger partial charge in [0.05, 0.1) is 25.2 Å². The fourth-order valence-corrected chi connectivity index (χ4v) is 3.80. The molecule has 2 rings (SSSR count). The van der Waals surface area contributed by atoms with Gasteiger partial charge in [-0.2, -0.15) is 34.8 Å². The van der Waals surface area contributed by atoms with Gasteiger partial charge in [-0.1, -0.05) is 6.42 Å². The lowest BCUT2D eigenvalue weighted by molar-refractivity contribution is -0.362. The second kappa shape index (κ2) is 7.95. The maximum atomic E-state index is 13.2. The van der Waals surface area contributed by atoms with Crippen molar-refractivity contribution in [3.05, 3.63) is 0 Å². The number of carbonyl (C=O) groups excluding carboxylic acids is 1. The van der Waals surface area contributed by atoms with Crippen molar-refractivity contribution in [3.8, 4) is 0 Å². The Labute approximate surface area is 156 Å². The Balaban J connectivity index is 2.18. The summed E-state index contributed by atoms with van der Waals surface area (Å²) in [5.74, 6) is -6.08. The van der Waals surface area contributed by atoms with Gasteiger partial charge in [0.2, 0.25) is 0 Å². The first-order chi connectivity index (χ1) is 12.6. The molecule has 1 aliphatic heterocycles. The SMILES string of the molecule is O=C(OC(CS(=O)(=O)O)(C(F)(F)F)C(F)(F)F)C1CCCC(OCC2CO2)C1. The third-order valence-electron chi connectivity index (χ3n) is 4.46. The number of epoxide rings is 1. The van der Waals surface area contributed by atoms with E-state index in [2.05, 4.69) is 4.74 Å². The van der Waals surface area contributed by atoms with Crippen LogP contribution in [0.1, 0.15) is 25.7 Å². The van der Waals surface area contributed by atoms with Crippen LogP contribution in [0.4, 0.5) is 26.3 Å². The molecule has 0 spiro atoms. The van der Waals surface area contributed by atoms with E-state index in [1.807, 2.05) is 0 Å². The highest BCUT2D eigenvalue weighted by Gasteiger charge is 2.76. The normalized spacial score (nSPS) is 26.8. The smallest absolute Gasteiger partial charge is 0.438 e. The lowest BCUT2D eigenvalue weighted by Crippen LogP contribution is -2.64. The van der Waals surface area contributed by atoms with Crippen LogP contribution in [-0.2, 0) is 29.1 Å². The average Bonchev–Trinajstić information content (AvgIpc) is 3.33. The number of hydrogen-bond donors (Lipinski definition) is 1. The zero-order valence-electron chi connectivity index (χ0n) is 14.3. The maximum absolute atomic E-state index is 13.2. The third kappa shape index (κ3) is 5.70. The predicted octanol–water partition coefficient (Wildman–Crippen LogP) is 2.26. The molecule has 0 aromatic heterocycles. The van der Waals surface area contributed by atoms with Crippen LogP contribution < -0.4 is 0 Å². The minimum absolute atomic E-state index is 0.0453. The molecule has 2 aliphatic rings. The van der Waals surface area contributed by atoms with Crippen LogP contribution in [0, 0.1) is 5.92 Å². The van der Waals surface area contributed by atoms with Crippen molar-refractivity contribution in [2.75, 3.05) is 19.0 Å². The van der Waals surface area contributed by atoms with E-state index in [0.717, 1.165) is 0 Å². The number of alkyl halides is 6. The van der Waals surface area contributed by atoms with Gasteiger partial charge in [-0.25, -0.2) is 0 Å².